The van der Waals surface area contributed by atoms with Crippen LogP contribution in [0.3, 0.4) is 0 Å². The first kappa shape index (κ1) is 20.8. The van der Waals surface area contributed by atoms with E-state index in [1.807, 2.05) is 0 Å². The molecule has 0 rings (SSSR count). The number of ether oxygens (including phenoxy) is 2. The van der Waals surface area contributed by atoms with E-state index in [-0.39, 0.29) is 38.8 Å². The Balaban J connectivity index is 3.24. The Morgan fingerprint density at radius 2 is 1.50 bits per heavy atom. The summed E-state index contributed by atoms with van der Waals surface area (Å²) in [5, 5.41) is 26.0. The summed E-state index contributed by atoms with van der Waals surface area (Å²) in [6, 6.07) is 0. The molecule has 1 atom stereocenters. The molecular weight excluding hydrogens is 292 g/mol. The van der Waals surface area contributed by atoms with Crippen molar-refractivity contribution in [3.8, 4) is 0 Å². The molecule has 22 heavy (non-hydrogen) atoms. The van der Waals surface area contributed by atoms with E-state index in [1.54, 1.807) is 0 Å². The number of unbranched alkanes of at least 4 members (excludes halogenated alkanes) is 5. The molecule has 7 heteroatoms. The smallest absolute Gasteiger partial charge is 0.305 e. The number of esters is 1. The van der Waals surface area contributed by atoms with Crippen LogP contribution >= 0.6 is 0 Å². The van der Waals surface area contributed by atoms with Crippen molar-refractivity contribution in [3.63, 3.8) is 0 Å². The monoisotopic (exact) mass is 320 g/mol. The highest BCUT2D eigenvalue weighted by Gasteiger charge is 2.04. The topological polar surface area (TPSA) is 113 Å². The molecule has 1 unspecified atom stereocenters. The van der Waals surface area contributed by atoms with Gasteiger partial charge in [-0.3, -0.25) is 9.59 Å². The Morgan fingerprint density at radius 3 is 2.09 bits per heavy atom. The van der Waals surface area contributed by atoms with Crippen LogP contribution in [-0.4, -0.2) is 59.8 Å². The summed E-state index contributed by atoms with van der Waals surface area (Å²) in [6.07, 6.45) is 5.00. The number of aliphatic hydroxyl groups is 2. The lowest BCUT2D eigenvalue weighted by Crippen LogP contribution is -2.21. The van der Waals surface area contributed by atoms with Crippen LogP contribution in [-0.2, 0) is 19.1 Å². The van der Waals surface area contributed by atoms with Crippen molar-refractivity contribution in [3.05, 3.63) is 0 Å². The third-order valence-corrected chi connectivity index (χ3v) is 3.03. The first-order valence-corrected chi connectivity index (χ1v) is 7.80. The Bertz CT molecular complexity index is 294. The maximum absolute atomic E-state index is 11.4. The van der Waals surface area contributed by atoms with Gasteiger partial charge in [-0.2, -0.15) is 0 Å². The first-order valence-electron chi connectivity index (χ1n) is 7.80. The van der Waals surface area contributed by atoms with Gasteiger partial charge < -0.3 is 24.8 Å². The highest BCUT2D eigenvalue weighted by Crippen LogP contribution is 2.09. The number of rotatable bonds is 15. The Morgan fingerprint density at radius 1 is 0.909 bits per heavy atom. The summed E-state index contributed by atoms with van der Waals surface area (Å²) in [5.41, 5.74) is 0. The highest BCUT2D eigenvalue weighted by atomic mass is 16.6. The Hall–Kier alpha value is -1.18. The number of hydrogen-bond acceptors (Lipinski definition) is 6. The average molecular weight is 320 g/mol. The second-order valence-electron chi connectivity index (χ2n) is 5.15. The second-order valence-corrected chi connectivity index (χ2v) is 5.15. The molecule has 0 bridgehead atoms. The molecule has 0 aromatic carbocycles. The van der Waals surface area contributed by atoms with Gasteiger partial charge in [0.25, 0.3) is 0 Å². The summed E-state index contributed by atoms with van der Waals surface area (Å²) < 4.78 is 9.96. The van der Waals surface area contributed by atoms with E-state index < -0.39 is 12.1 Å². The summed E-state index contributed by atoms with van der Waals surface area (Å²) in [6.45, 7) is 0.0184. The van der Waals surface area contributed by atoms with Crippen LogP contribution in [0, 0.1) is 0 Å². The van der Waals surface area contributed by atoms with E-state index in [0.717, 1.165) is 32.1 Å². The zero-order valence-electron chi connectivity index (χ0n) is 13.0. The molecule has 0 saturated heterocycles. The average Bonchev–Trinajstić information content (AvgIpc) is 2.48. The molecule has 0 saturated carbocycles. The summed E-state index contributed by atoms with van der Waals surface area (Å²) in [5.74, 6) is -1.02. The molecule has 0 aromatic heterocycles. The summed E-state index contributed by atoms with van der Waals surface area (Å²) in [7, 11) is 0. The van der Waals surface area contributed by atoms with Crippen LogP contribution in [0.4, 0.5) is 0 Å². The largest absolute Gasteiger partial charge is 0.481 e. The zero-order valence-corrected chi connectivity index (χ0v) is 13.0. The van der Waals surface area contributed by atoms with Crippen molar-refractivity contribution in [2.75, 3.05) is 26.4 Å². The Labute approximate surface area is 131 Å². The predicted octanol–water partition coefficient (Wildman–Crippen LogP) is 1.10. The standard InChI is InChI=1S/C15H28O7/c16-11-13(17)12-21-9-10-22-15(20)8-6-4-2-1-3-5-7-14(18)19/h13,16-17H,1-12H2,(H,18,19). The molecule has 0 spiro atoms. The fraction of sp³-hybridized carbons (Fsp3) is 0.867. The van der Waals surface area contributed by atoms with Gasteiger partial charge in [0.05, 0.1) is 19.8 Å². The zero-order chi connectivity index (χ0) is 16.6. The van der Waals surface area contributed by atoms with E-state index in [1.165, 1.54) is 0 Å². The molecule has 0 aliphatic carbocycles. The molecule has 0 amide bonds. The molecule has 0 radical (unpaired) electrons. The van der Waals surface area contributed by atoms with Crippen LogP contribution in [0.15, 0.2) is 0 Å². The van der Waals surface area contributed by atoms with Crippen molar-refractivity contribution >= 4 is 11.9 Å². The number of aliphatic hydroxyl groups excluding tert-OH is 2. The van der Waals surface area contributed by atoms with E-state index in [2.05, 4.69) is 0 Å². The molecular formula is C15H28O7. The predicted molar refractivity (Wildman–Crippen MR) is 79.4 cm³/mol. The fourth-order valence-corrected chi connectivity index (χ4v) is 1.81. The van der Waals surface area contributed by atoms with Gasteiger partial charge in [-0.25, -0.2) is 0 Å². The molecule has 0 aliphatic rings. The minimum absolute atomic E-state index is 0.0237. The maximum atomic E-state index is 11.4. The van der Waals surface area contributed by atoms with Crippen molar-refractivity contribution in [1.29, 1.82) is 0 Å². The van der Waals surface area contributed by atoms with Crippen molar-refractivity contribution < 1.29 is 34.4 Å². The van der Waals surface area contributed by atoms with E-state index in [4.69, 9.17) is 24.8 Å². The third-order valence-electron chi connectivity index (χ3n) is 3.03. The van der Waals surface area contributed by atoms with Crippen LogP contribution in [0.2, 0.25) is 0 Å². The summed E-state index contributed by atoms with van der Waals surface area (Å²) in [4.78, 5) is 21.7. The number of hydrogen-bond donors (Lipinski definition) is 3. The van der Waals surface area contributed by atoms with Crippen LogP contribution in [0.25, 0.3) is 0 Å². The molecule has 3 N–H and O–H groups in total. The van der Waals surface area contributed by atoms with Crippen molar-refractivity contribution in [2.24, 2.45) is 0 Å². The van der Waals surface area contributed by atoms with Crippen molar-refractivity contribution in [1.82, 2.24) is 0 Å². The molecule has 7 nitrogen and oxygen atoms in total. The summed E-state index contributed by atoms with van der Waals surface area (Å²) >= 11 is 0. The number of carboxylic acid groups (broad SMARTS) is 1. The number of aliphatic carboxylic acids is 1. The van der Waals surface area contributed by atoms with Crippen molar-refractivity contribution in [2.45, 2.75) is 57.5 Å². The number of carbonyl (C=O) groups is 2. The van der Waals surface area contributed by atoms with Gasteiger partial charge in [-0.05, 0) is 12.8 Å². The van der Waals surface area contributed by atoms with Gasteiger partial charge in [0.15, 0.2) is 0 Å². The Kier molecular flexibility index (Phi) is 14.0. The molecule has 0 aliphatic heterocycles. The second kappa shape index (κ2) is 14.7. The lowest BCUT2D eigenvalue weighted by Gasteiger charge is -2.08. The van der Waals surface area contributed by atoms with E-state index in [9.17, 15) is 9.59 Å². The van der Waals surface area contributed by atoms with Gasteiger partial charge in [0, 0.05) is 12.8 Å². The quantitative estimate of drug-likeness (QED) is 0.306. The molecule has 130 valence electrons. The van der Waals surface area contributed by atoms with Gasteiger partial charge in [0.2, 0.25) is 0 Å². The SMILES string of the molecule is O=C(O)CCCCCCCCC(=O)OCCOCC(O)CO. The molecule has 0 fully saturated rings. The minimum atomic E-state index is -0.897. The first-order chi connectivity index (χ1) is 10.6. The van der Waals surface area contributed by atoms with Gasteiger partial charge in [0.1, 0.15) is 12.7 Å². The maximum Gasteiger partial charge on any atom is 0.305 e. The van der Waals surface area contributed by atoms with E-state index >= 15 is 0 Å². The number of carboxylic acids is 1. The fourth-order valence-electron chi connectivity index (χ4n) is 1.81. The van der Waals surface area contributed by atoms with Gasteiger partial charge in [-0.1, -0.05) is 25.7 Å². The highest BCUT2D eigenvalue weighted by molar-refractivity contribution is 5.69. The lowest BCUT2D eigenvalue weighted by molar-refractivity contribution is -0.145. The number of carbonyl (C=O) groups excluding carboxylic acids is 1. The van der Waals surface area contributed by atoms with Gasteiger partial charge in [-0.15, -0.1) is 0 Å². The normalized spacial score (nSPS) is 12.1. The molecule has 0 heterocycles. The van der Waals surface area contributed by atoms with Crippen LogP contribution in [0.5, 0.6) is 0 Å². The minimum Gasteiger partial charge on any atom is -0.481 e. The lowest BCUT2D eigenvalue weighted by atomic mass is 10.1. The molecule has 0 aromatic rings. The van der Waals surface area contributed by atoms with Crippen LogP contribution in [0.1, 0.15) is 51.4 Å². The van der Waals surface area contributed by atoms with Crippen LogP contribution < -0.4 is 0 Å². The van der Waals surface area contributed by atoms with Gasteiger partial charge >= 0.3 is 11.9 Å². The van der Waals surface area contributed by atoms with E-state index in [0.29, 0.717) is 12.8 Å². The third kappa shape index (κ3) is 15.2.